The third-order valence-electron chi connectivity index (χ3n) is 1.82. The van der Waals surface area contributed by atoms with Gasteiger partial charge in [-0.2, -0.15) is 0 Å². The minimum absolute atomic E-state index is 0. The largest absolute Gasteiger partial charge is 0.312 e. The normalized spacial score (nSPS) is 11.2. The Bertz CT molecular complexity index is 420. The van der Waals surface area contributed by atoms with E-state index in [9.17, 15) is 8.42 Å². The van der Waals surface area contributed by atoms with E-state index in [1.54, 1.807) is 11.3 Å². The quantitative estimate of drug-likeness (QED) is 0.754. The van der Waals surface area contributed by atoms with Crippen LogP contribution in [0.4, 0.5) is 0 Å². The zero-order valence-corrected chi connectivity index (χ0v) is 12.6. The Kier molecular flexibility index (Phi) is 8.36. The van der Waals surface area contributed by atoms with Crippen LogP contribution in [-0.4, -0.2) is 27.8 Å². The first-order chi connectivity index (χ1) is 7.47. The second-order valence-corrected chi connectivity index (χ2v) is 7.04. The van der Waals surface area contributed by atoms with Crippen molar-refractivity contribution in [3.8, 4) is 0 Å². The molecule has 4 nitrogen and oxygen atoms in total. The summed E-state index contributed by atoms with van der Waals surface area (Å²) < 4.78 is 24.7. The first kappa shape index (κ1) is 17.2. The highest BCUT2D eigenvalue weighted by molar-refractivity contribution is 7.88. The molecule has 0 bridgehead atoms. The number of thiophene rings is 1. The first-order valence-electron chi connectivity index (χ1n) is 4.87. The third kappa shape index (κ3) is 8.82. The molecule has 0 aromatic carbocycles. The predicted molar refractivity (Wildman–Crippen MR) is 75.7 cm³/mol. The van der Waals surface area contributed by atoms with Gasteiger partial charge >= 0.3 is 0 Å². The molecule has 0 fully saturated rings. The summed E-state index contributed by atoms with van der Waals surface area (Å²) in [5, 5.41) is 3.22. The minimum atomic E-state index is -3.05. The lowest BCUT2D eigenvalue weighted by Gasteiger charge is -2.03. The summed E-state index contributed by atoms with van der Waals surface area (Å²) >= 11 is 7.33. The van der Waals surface area contributed by atoms with E-state index < -0.39 is 10.0 Å². The van der Waals surface area contributed by atoms with Crippen molar-refractivity contribution in [1.29, 1.82) is 0 Å². The average molecular weight is 319 g/mol. The molecule has 0 atom stereocenters. The standard InChI is InChI=1S/C9H15ClN2O2S2.ClH/c1-16(13,14)12-6-2-5-11-7-8-3-4-9(10)15-8;/h3-4,11-12H,2,5-7H2,1H3;1H. The molecule has 0 amide bonds. The van der Waals surface area contributed by atoms with Crippen molar-refractivity contribution in [2.45, 2.75) is 13.0 Å². The topological polar surface area (TPSA) is 58.2 Å². The van der Waals surface area contributed by atoms with Gasteiger partial charge in [-0.15, -0.1) is 23.7 Å². The van der Waals surface area contributed by atoms with Crippen LogP contribution in [0.15, 0.2) is 12.1 Å². The molecule has 2 N–H and O–H groups in total. The lowest BCUT2D eigenvalue weighted by Crippen LogP contribution is -2.26. The van der Waals surface area contributed by atoms with Gasteiger partial charge in [0, 0.05) is 18.0 Å². The molecular weight excluding hydrogens is 303 g/mol. The highest BCUT2D eigenvalue weighted by Crippen LogP contribution is 2.20. The summed E-state index contributed by atoms with van der Waals surface area (Å²) in [4.78, 5) is 1.18. The van der Waals surface area contributed by atoms with E-state index >= 15 is 0 Å². The number of halogens is 2. The number of hydrogen-bond acceptors (Lipinski definition) is 4. The van der Waals surface area contributed by atoms with E-state index in [1.165, 1.54) is 4.88 Å². The number of nitrogens with one attached hydrogen (secondary N) is 2. The summed E-state index contributed by atoms with van der Waals surface area (Å²) in [6, 6.07) is 3.85. The van der Waals surface area contributed by atoms with Crippen molar-refractivity contribution in [1.82, 2.24) is 10.0 Å². The highest BCUT2D eigenvalue weighted by Gasteiger charge is 1.99. The van der Waals surface area contributed by atoms with Crippen LogP contribution in [-0.2, 0) is 16.6 Å². The van der Waals surface area contributed by atoms with E-state index in [2.05, 4.69) is 10.0 Å². The highest BCUT2D eigenvalue weighted by atomic mass is 35.5. The fourth-order valence-electron chi connectivity index (χ4n) is 1.13. The van der Waals surface area contributed by atoms with Crippen LogP contribution in [0.1, 0.15) is 11.3 Å². The van der Waals surface area contributed by atoms with Crippen LogP contribution in [0.25, 0.3) is 0 Å². The maximum Gasteiger partial charge on any atom is 0.208 e. The second kappa shape index (κ2) is 8.29. The number of rotatable bonds is 7. The lowest BCUT2D eigenvalue weighted by molar-refractivity contribution is 0.579. The fourth-order valence-corrected chi connectivity index (χ4v) is 2.70. The third-order valence-corrected chi connectivity index (χ3v) is 3.78. The molecule has 0 saturated heterocycles. The Morgan fingerprint density at radius 1 is 1.35 bits per heavy atom. The Labute approximate surface area is 117 Å². The molecule has 1 heterocycles. The Morgan fingerprint density at radius 2 is 2.06 bits per heavy atom. The molecule has 8 heteroatoms. The van der Waals surface area contributed by atoms with E-state index in [-0.39, 0.29) is 12.4 Å². The smallest absolute Gasteiger partial charge is 0.208 e. The molecule has 0 aliphatic heterocycles. The van der Waals surface area contributed by atoms with E-state index in [1.807, 2.05) is 12.1 Å². The van der Waals surface area contributed by atoms with Gasteiger partial charge in [-0.05, 0) is 25.1 Å². The average Bonchev–Trinajstić information content (AvgIpc) is 2.56. The summed E-state index contributed by atoms with van der Waals surface area (Å²) in [5.41, 5.74) is 0. The molecule has 17 heavy (non-hydrogen) atoms. The van der Waals surface area contributed by atoms with Gasteiger partial charge in [-0.25, -0.2) is 13.1 Å². The van der Waals surface area contributed by atoms with Gasteiger partial charge in [-0.1, -0.05) is 11.6 Å². The van der Waals surface area contributed by atoms with Crippen LogP contribution in [0.5, 0.6) is 0 Å². The van der Waals surface area contributed by atoms with Crippen LogP contribution >= 0.6 is 35.3 Å². The zero-order valence-electron chi connectivity index (χ0n) is 9.40. The van der Waals surface area contributed by atoms with Crippen molar-refractivity contribution in [3.05, 3.63) is 21.3 Å². The fraction of sp³-hybridized carbons (Fsp3) is 0.556. The van der Waals surface area contributed by atoms with Gasteiger partial charge in [0.1, 0.15) is 0 Å². The van der Waals surface area contributed by atoms with Crippen LogP contribution in [0.3, 0.4) is 0 Å². The van der Waals surface area contributed by atoms with Crippen molar-refractivity contribution in [2.24, 2.45) is 0 Å². The first-order valence-corrected chi connectivity index (χ1v) is 7.95. The minimum Gasteiger partial charge on any atom is -0.312 e. The maximum atomic E-state index is 10.7. The molecular formula is C9H16Cl2N2O2S2. The molecule has 0 radical (unpaired) electrons. The van der Waals surface area contributed by atoms with Gasteiger partial charge in [0.2, 0.25) is 10.0 Å². The van der Waals surface area contributed by atoms with E-state index in [0.29, 0.717) is 6.54 Å². The van der Waals surface area contributed by atoms with Gasteiger partial charge < -0.3 is 5.32 Å². The van der Waals surface area contributed by atoms with Crippen molar-refractivity contribution >= 4 is 45.4 Å². The monoisotopic (exact) mass is 318 g/mol. The Balaban J connectivity index is 0.00000256. The molecule has 0 spiro atoms. The van der Waals surface area contributed by atoms with Crippen LogP contribution in [0.2, 0.25) is 4.34 Å². The summed E-state index contributed by atoms with van der Waals surface area (Å²) in [5.74, 6) is 0. The van der Waals surface area contributed by atoms with Gasteiger partial charge in [-0.3, -0.25) is 0 Å². The Morgan fingerprint density at radius 3 is 2.59 bits per heavy atom. The van der Waals surface area contributed by atoms with Crippen molar-refractivity contribution < 1.29 is 8.42 Å². The van der Waals surface area contributed by atoms with Crippen molar-refractivity contribution in [3.63, 3.8) is 0 Å². The van der Waals surface area contributed by atoms with E-state index in [4.69, 9.17) is 11.6 Å². The van der Waals surface area contributed by atoms with Gasteiger partial charge in [0.15, 0.2) is 0 Å². The molecule has 0 saturated carbocycles. The Hall–Kier alpha value is 0.150. The molecule has 1 rings (SSSR count). The summed E-state index contributed by atoms with van der Waals surface area (Å²) in [6.07, 6.45) is 1.93. The maximum absolute atomic E-state index is 10.7. The molecule has 0 aliphatic carbocycles. The predicted octanol–water partition coefficient (Wildman–Crippen LogP) is 1.85. The van der Waals surface area contributed by atoms with Gasteiger partial charge in [0.05, 0.1) is 10.6 Å². The molecule has 0 aliphatic rings. The molecule has 100 valence electrons. The van der Waals surface area contributed by atoms with Crippen LogP contribution < -0.4 is 10.0 Å². The second-order valence-electron chi connectivity index (χ2n) is 3.40. The SMILES string of the molecule is CS(=O)(=O)NCCCNCc1ccc(Cl)s1.Cl. The van der Waals surface area contributed by atoms with E-state index in [0.717, 1.165) is 30.1 Å². The van der Waals surface area contributed by atoms with Crippen LogP contribution in [0, 0.1) is 0 Å². The summed E-state index contributed by atoms with van der Waals surface area (Å²) in [7, 11) is -3.05. The van der Waals surface area contributed by atoms with Gasteiger partial charge in [0.25, 0.3) is 0 Å². The summed E-state index contributed by atoms with van der Waals surface area (Å²) in [6.45, 7) is 2.02. The molecule has 0 unspecified atom stereocenters. The van der Waals surface area contributed by atoms with Crippen molar-refractivity contribution in [2.75, 3.05) is 19.3 Å². The lowest BCUT2D eigenvalue weighted by atomic mass is 10.4. The zero-order chi connectivity index (χ0) is 12.0. The molecule has 1 aromatic rings. The number of hydrogen-bond donors (Lipinski definition) is 2. The number of sulfonamides is 1. The molecule has 1 aromatic heterocycles.